The number of nitrogens with one attached hydrogen (secondary N) is 2. The Balaban J connectivity index is 1.70. The molecule has 2 heterocycles. The molecule has 2 aromatic heterocycles. The fourth-order valence-electron chi connectivity index (χ4n) is 2.22. The van der Waals surface area contributed by atoms with Crippen LogP contribution in [0.25, 0.3) is 10.9 Å². The molecule has 2 N–H and O–H groups in total. The van der Waals surface area contributed by atoms with Gasteiger partial charge in [0.2, 0.25) is 0 Å². The number of benzene rings is 1. The Kier molecular flexibility index (Phi) is 4.13. The topological polar surface area (TPSA) is 57.8 Å². The van der Waals surface area contributed by atoms with Crippen LogP contribution in [0.15, 0.2) is 41.3 Å². The molecule has 0 saturated carbocycles. The van der Waals surface area contributed by atoms with E-state index in [1.165, 1.54) is 4.88 Å². The maximum Gasteiger partial charge on any atom is 0.252 e. The normalized spacial score (nSPS) is 11.1. The highest BCUT2D eigenvalue weighted by atomic mass is 32.1. The van der Waals surface area contributed by atoms with Gasteiger partial charge in [-0.15, -0.1) is 11.3 Å². The number of H-pyrrole nitrogens is 1. The van der Waals surface area contributed by atoms with E-state index in [2.05, 4.69) is 22.2 Å². The number of hydrogen-bond acceptors (Lipinski definition) is 4. The van der Waals surface area contributed by atoms with Crippen LogP contribution in [0.4, 0.5) is 0 Å². The molecule has 5 heteroatoms. The Morgan fingerprint density at radius 1 is 1.29 bits per heavy atom. The second-order valence-electron chi connectivity index (χ2n) is 4.89. The van der Waals surface area contributed by atoms with Crippen molar-refractivity contribution >= 4 is 22.2 Å². The fourth-order valence-corrected chi connectivity index (χ4v) is 3.05. The Hall–Kier alpha value is -1.98. The van der Waals surface area contributed by atoms with E-state index in [0.29, 0.717) is 13.1 Å². The summed E-state index contributed by atoms with van der Waals surface area (Å²) in [5, 5.41) is 5.40. The van der Waals surface area contributed by atoms with E-state index >= 15 is 0 Å². The van der Waals surface area contributed by atoms with E-state index in [0.717, 1.165) is 27.9 Å². The van der Waals surface area contributed by atoms with Crippen LogP contribution >= 0.6 is 11.3 Å². The van der Waals surface area contributed by atoms with Crippen LogP contribution < -0.4 is 10.9 Å². The molecule has 0 atom stereocenters. The zero-order valence-corrected chi connectivity index (χ0v) is 12.7. The van der Waals surface area contributed by atoms with Gasteiger partial charge in [0.1, 0.15) is 5.01 Å². The molecule has 0 radical (unpaired) electrons. The summed E-state index contributed by atoms with van der Waals surface area (Å²) in [5.41, 5.74) is 1.59. The van der Waals surface area contributed by atoms with Gasteiger partial charge in [-0.05, 0) is 23.9 Å². The van der Waals surface area contributed by atoms with E-state index in [-0.39, 0.29) is 5.56 Å². The van der Waals surface area contributed by atoms with Gasteiger partial charge in [-0.3, -0.25) is 4.79 Å². The van der Waals surface area contributed by atoms with Gasteiger partial charge in [-0.2, -0.15) is 0 Å². The summed E-state index contributed by atoms with van der Waals surface area (Å²) in [7, 11) is 0. The van der Waals surface area contributed by atoms with Crippen molar-refractivity contribution < 1.29 is 0 Å². The Labute approximate surface area is 126 Å². The van der Waals surface area contributed by atoms with Crippen molar-refractivity contribution in [3.63, 3.8) is 0 Å². The Bertz CT molecular complexity index is 806. The molecular formula is C16H17N3OS. The third-order valence-electron chi connectivity index (χ3n) is 3.37. The van der Waals surface area contributed by atoms with Gasteiger partial charge in [0.15, 0.2) is 0 Å². The minimum Gasteiger partial charge on any atom is -0.322 e. The predicted molar refractivity (Wildman–Crippen MR) is 86.6 cm³/mol. The summed E-state index contributed by atoms with van der Waals surface area (Å²) in [6.45, 7) is 3.36. The molecular weight excluding hydrogens is 282 g/mol. The first-order valence-electron chi connectivity index (χ1n) is 7.01. The molecule has 3 rings (SSSR count). The van der Waals surface area contributed by atoms with Crippen molar-refractivity contribution in [2.24, 2.45) is 0 Å². The van der Waals surface area contributed by atoms with Gasteiger partial charge >= 0.3 is 0 Å². The average molecular weight is 299 g/mol. The van der Waals surface area contributed by atoms with E-state index in [4.69, 9.17) is 0 Å². The number of aromatic nitrogens is 2. The highest BCUT2D eigenvalue weighted by molar-refractivity contribution is 7.11. The number of para-hydroxylation sites is 1. The van der Waals surface area contributed by atoms with Gasteiger partial charge in [-0.1, -0.05) is 25.1 Å². The number of hydrogen-bond donors (Lipinski definition) is 2. The minimum atomic E-state index is -0.0328. The lowest BCUT2D eigenvalue weighted by molar-refractivity contribution is 0.685. The molecule has 0 fully saturated rings. The number of nitrogens with zero attached hydrogens (tertiary/aromatic N) is 1. The van der Waals surface area contributed by atoms with Crippen LogP contribution in [-0.2, 0) is 19.5 Å². The van der Waals surface area contributed by atoms with Crippen molar-refractivity contribution in [1.29, 1.82) is 0 Å². The Morgan fingerprint density at radius 3 is 2.95 bits per heavy atom. The lowest BCUT2D eigenvalue weighted by Crippen LogP contribution is -2.20. The zero-order valence-electron chi connectivity index (χ0n) is 11.8. The summed E-state index contributed by atoms with van der Waals surface area (Å²) in [6, 6.07) is 9.75. The molecule has 0 aliphatic carbocycles. The molecule has 0 spiro atoms. The minimum absolute atomic E-state index is 0.0328. The van der Waals surface area contributed by atoms with E-state index in [9.17, 15) is 4.79 Å². The van der Waals surface area contributed by atoms with Crippen molar-refractivity contribution in [3.05, 3.63) is 62.3 Å². The lowest BCUT2D eigenvalue weighted by atomic mass is 10.1. The SMILES string of the molecule is CCc1cnc(CNCc2cc3ccccc3[nH]c2=O)s1. The third kappa shape index (κ3) is 3.20. The average Bonchev–Trinajstić information content (AvgIpc) is 2.96. The van der Waals surface area contributed by atoms with Crippen molar-refractivity contribution in [3.8, 4) is 0 Å². The first-order valence-corrected chi connectivity index (χ1v) is 7.83. The first kappa shape index (κ1) is 14.0. The van der Waals surface area contributed by atoms with Crippen LogP contribution in [0.2, 0.25) is 0 Å². The van der Waals surface area contributed by atoms with Gasteiger partial charge in [0.05, 0.1) is 0 Å². The quantitative estimate of drug-likeness (QED) is 0.761. The fraction of sp³-hybridized carbons (Fsp3) is 0.250. The summed E-state index contributed by atoms with van der Waals surface area (Å²) in [5.74, 6) is 0. The summed E-state index contributed by atoms with van der Waals surface area (Å²) in [4.78, 5) is 20.6. The van der Waals surface area contributed by atoms with E-state index < -0.39 is 0 Å². The molecule has 21 heavy (non-hydrogen) atoms. The third-order valence-corrected chi connectivity index (χ3v) is 4.51. The van der Waals surface area contributed by atoms with Crippen LogP contribution in [0.5, 0.6) is 0 Å². The molecule has 0 saturated heterocycles. The van der Waals surface area contributed by atoms with Crippen LogP contribution in [-0.4, -0.2) is 9.97 Å². The molecule has 0 aliphatic heterocycles. The summed E-state index contributed by atoms with van der Waals surface area (Å²) in [6.07, 6.45) is 2.94. The van der Waals surface area contributed by atoms with Crippen molar-refractivity contribution in [1.82, 2.24) is 15.3 Å². The van der Waals surface area contributed by atoms with Crippen LogP contribution in [0.3, 0.4) is 0 Å². The number of aryl methyl sites for hydroxylation is 1. The largest absolute Gasteiger partial charge is 0.322 e. The standard InChI is InChI=1S/C16H17N3OS/c1-2-13-9-18-15(21-13)10-17-8-12-7-11-5-3-4-6-14(11)19-16(12)20/h3-7,9,17H,2,8,10H2,1H3,(H,19,20). The number of pyridine rings is 1. The molecule has 1 aromatic carbocycles. The highest BCUT2D eigenvalue weighted by Crippen LogP contribution is 2.13. The van der Waals surface area contributed by atoms with Crippen LogP contribution in [0.1, 0.15) is 22.4 Å². The van der Waals surface area contributed by atoms with Gasteiger partial charge < -0.3 is 10.3 Å². The second-order valence-corrected chi connectivity index (χ2v) is 6.09. The number of thiazole rings is 1. The van der Waals surface area contributed by atoms with E-state index in [1.54, 1.807) is 11.3 Å². The van der Waals surface area contributed by atoms with Crippen molar-refractivity contribution in [2.75, 3.05) is 0 Å². The molecule has 4 nitrogen and oxygen atoms in total. The summed E-state index contributed by atoms with van der Waals surface area (Å²) < 4.78 is 0. The number of rotatable bonds is 5. The molecule has 0 bridgehead atoms. The van der Waals surface area contributed by atoms with Gasteiger partial charge in [0.25, 0.3) is 5.56 Å². The molecule has 3 aromatic rings. The molecule has 0 amide bonds. The van der Waals surface area contributed by atoms with E-state index in [1.807, 2.05) is 36.5 Å². The molecule has 108 valence electrons. The Morgan fingerprint density at radius 2 is 2.14 bits per heavy atom. The smallest absolute Gasteiger partial charge is 0.252 e. The molecule has 0 aliphatic rings. The van der Waals surface area contributed by atoms with Gasteiger partial charge in [0, 0.05) is 35.2 Å². The van der Waals surface area contributed by atoms with Crippen LogP contribution in [0, 0.1) is 0 Å². The summed E-state index contributed by atoms with van der Waals surface area (Å²) >= 11 is 1.72. The maximum absolute atomic E-state index is 12.0. The van der Waals surface area contributed by atoms with Gasteiger partial charge in [-0.25, -0.2) is 4.98 Å². The predicted octanol–water partition coefficient (Wildman–Crippen LogP) is 2.84. The monoisotopic (exact) mass is 299 g/mol. The second kappa shape index (κ2) is 6.20. The number of aromatic amines is 1. The highest BCUT2D eigenvalue weighted by Gasteiger charge is 2.04. The zero-order chi connectivity index (χ0) is 14.7. The lowest BCUT2D eigenvalue weighted by Gasteiger charge is -2.04. The first-order chi connectivity index (χ1) is 10.3. The number of fused-ring (bicyclic) bond motifs is 1. The molecule has 0 unspecified atom stereocenters. The van der Waals surface area contributed by atoms with Crippen molar-refractivity contribution in [2.45, 2.75) is 26.4 Å². The maximum atomic E-state index is 12.0.